The molecule has 5 heteroatoms. The molecule has 25 heavy (non-hydrogen) atoms. The van der Waals surface area contributed by atoms with E-state index in [2.05, 4.69) is 10.6 Å². The van der Waals surface area contributed by atoms with Crippen LogP contribution in [0.15, 0.2) is 42.5 Å². The lowest BCUT2D eigenvalue weighted by Crippen LogP contribution is -2.39. The maximum Gasteiger partial charge on any atom is 0.240 e. The summed E-state index contributed by atoms with van der Waals surface area (Å²) in [5, 5.41) is 6.40. The molecule has 0 aromatic heterocycles. The summed E-state index contributed by atoms with van der Waals surface area (Å²) in [7, 11) is 0. The molecule has 0 unspecified atom stereocenters. The van der Waals surface area contributed by atoms with Gasteiger partial charge in [-0.25, -0.2) is 0 Å². The zero-order chi connectivity index (χ0) is 18.0. The summed E-state index contributed by atoms with van der Waals surface area (Å²) < 4.78 is 0. The molecule has 3 rings (SSSR count). The minimum Gasteiger partial charge on any atom is -0.351 e. The van der Waals surface area contributed by atoms with Crippen molar-refractivity contribution in [1.82, 2.24) is 5.32 Å². The minimum atomic E-state index is -0.939. The van der Waals surface area contributed by atoms with E-state index in [9.17, 15) is 9.59 Å². The van der Waals surface area contributed by atoms with Gasteiger partial charge in [-0.2, -0.15) is 0 Å². The van der Waals surface area contributed by atoms with Crippen LogP contribution < -0.4 is 10.6 Å². The molecule has 2 amide bonds. The molecular weight excluding hydrogens is 336 g/mol. The Morgan fingerprint density at radius 1 is 1.00 bits per heavy atom. The van der Waals surface area contributed by atoms with E-state index in [0.717, 1.165) is 16.8 Å². The smallest absolute Gasteiger partial charge is 0.240 e. The molecule has 0 saturated heterocycles. The number of anilines is 1. The number of hydrogen-bond donors (Lipinski definition) is 2. The summed E-state index contributed by atoms with van der Waals surface area (Å²) in [5.41, 5.74) is 3.01. The minimum absolute atomic E-state index is 0.219. The molecule has 2 aromatic carbocycles. The topological polar surface area (TPSA) is 58.2 Å². The Balaban J connectivity index is 1.62. The monoisotopic (exact) mass is 356 g/mol. The molecule has 2 aromatic rings. The lowest BCUT2D eigenvalue weighted by molar-refractivity contribution is -0.134. The van der Waals surface area contributed by atoms with Crippen molar-refractivity contribution in [3.63, 3.8) is 0 Å². The molecule has 1 aliphatic carbocycles. The summed E-state index contributed by atoms with van der Waals surface area (Å²) in [5.74, 6) is -0.451. The normalized spacial score (nSPS) is 14.7. The van der Waals surface area contributed by atoms with Crippen LogP contribution in [0.2, 0.25) is 5.02 Å². The van der Waals surface area contributed by atoms with Gasteiger partial charge in [0.1, 0.15) is 5.41 Å². The van der Waals surface area contributed by atoms with Crippen LogP contribution in [-0.4, -0.2) is 11.8 Å². The van der Waals surface area contributed by atoms with Crippen LogP contribution in [-0.2, 0) is 16.1 Å². The average Bonchev–Trinajstić information content (AvgIpc) is 3.39. The Morgan fingerprint density at radius 3 is 2.28 bits per heavy atom. The van der Waals surface area contributed by atoms with Gasteiger partial charge in [-0.15, -0.1) is 0 Å². The highest BCUT2D eigenvalue weighted by atomic mass is 35.5. The first-order chi connectivity index (χ1) is 11.9. The van der Waals surface area contributed by atoms with Crippen molar-refractivity contribution in [2.24, 2.45) is 5.41 Å². The third-order valence-electron chi connectivity index (χ3n) is 4.75. The van der Waals surface area contributed by atoms with Gasteiger partial charge >= 0.3 is 0 Å². The van der Waals surface area contributed by atoms with E-state index in [1.807, 2.05) is 44.2 Å². The zero-order valence-electron chi connectivity index (χ0n) is 14.4. The fraction of sp³-hybridized carbons (Fsp3) is 0.300. The average molecular weight is 357 g/mol. The molecule has 1 aliphatic rings. The van der Waals surface area contributed by atoms with Crippen LogP contribution in [0.1, 0.15) is 29.5 Å². The van der Waals surface area contributed by atoms with Crippen LogP contribution in [0, 0.1) is 19.3 Å². The predicted molar refractivity (Wildman–Crippen MR) is 99.5 cm³/mol. The third-order valence-corrected chi connectivity index (χ3v) is 5.00. The molecule has 0 heterocycles. The Kier molecular flexibility index (Phi) is 4.82. The summed E-state index contributed by atoms with van der Waals surface area (Å²) in [6.07, 6.45) is 1.16. The Hall–Kier alpha value is -2.33. The molecule has 0 spiro atoms. The number of amides is 2. The Bertz CT molecular complexity index is 811. The van der Waals surface area contributed by atoms with Gasteiger partial charge in [-0.1, -0.05) is 29.8 Å². The van der Waals surface area contributed by atoms with E-state index in [-0.39, 0.29) is 11.8 Å². The molecule has 4 nitrogen and oxygen atoms in total. The quantitative estimate of drug-likeness (QED) is 0.796. The lowest BCUT2D eigenvalue weighted by Gasteiger charge is -2.16. The molecule has 1 saturated carbocycles. The van der Waals surface area contributed by atoms with Crippen molar-refractivity contribution in [2.45, 2.75) is 33.2 Å². The van der Waals surface area contributed by atoms with E-state index < -0.39 is 5.41 Å². The second kappa shape index (κ2) is 6.89. The van der Waals surface area contributed by atoms with Crippen LogP contribution >= 0.6 is 11.6 Å². The molecule has 130 valence electrons. The van der Waals surface area contributed by atoms with Gasteiger partial charge in [0.15, 0.2) is 0 Å². The van der Waals surface area contributed by atoms with E-state index >= 15 is 0 Å². The fourth-order valence-electron chi connectivity index (χ4n) is 2.71. The van der Waals surface area contributed by atoms with Crippen LogP contribution in [0.25, 0.3) is 0 Å². The van der Waals surface area contributed by atoms with E-state index in [4.69, 9.17) is 11.6 Å². The number of carbonyl (C=O) groups excluding carboxylic acids is 2. The Labute approximate surface area is 152 Å². The molecular formula is C20H21ClN2O2. The number of benzene rings is 2. The van der Waals surface area contributed by atoms with Gasteiger partial charge < -0.3 is 10.6 Å². The highest BCUT2D eigenvalue weighted by Gasteiger charge is 2.56. The fourth-order valence-corrected chi connectivity index (χ4v) is 2.83. The third kappa shape index (κ3) is 3.85. The first kappa shape index (κ1) is 17.5. The highest BCUT2D eigenvalue weighted by molar-refractivity contribution is 6.30. The van der Waals surface area contributed by atoms with Crippen molar-refractivity contribution >= 4 is 29.1 Å². The van der Waals surface area contributed by atoms with Gasteiger partial charge in [0.05, 0.1) is 0 Å². The summed E-state index contributed by atoms with van der Waals surface area (Å²) >= 11 is 5.86. The molecule has 1 fully saturated rings. The van der Waals surface area contributed by atoms with Crippen LogP contribution in [0.4, 0.5) is 5.69 Å². The van der Waals surface area contributed by atoms with Gasteiger partial charge in [0.25, 0.3) is 0 Å². The van der Waals surface area contributed by atoms with E-state index in [1.54, 1.807) is 12.1 Å². The summed E-state index contributed by atoms with van der Waals surface area (Å²) in [6, 6.07) is 13.0. The van der Waals surface area contributed by atoms with Gasteiger partial charge in [-0.05, 0) is 67.6 Å². The van der Waals surface area contributed by atoms with Gasteiger partial charge in [0.2, 0.25) is 11.8 Å². The summed E-state index contributed by atoms with van der Waals surface area (Å²) in [6.45, 7) is 4.40. The maximum absolute atomic E-state index is 12.6. The first-order valence-electron chi connectivity index (χ1n) is 8.32. The van der Waals surface area contributed by atoms with Crippen LogP contribution in [0.3, 0.4) is 0 Å². The van der Waals surface area contributed by atoms with Crippen molar-refractivity contribution in [2.75, 3.05) is 5.32 Å². The standard InChI is InChI=1S/C20H21ClN2O2/c1-13-3-8-17(11-14(13)2)23-19(25)20(9-10-20)18(24)22-12-15-4-6-16(21)7-5-15/h3-8,11H,9-10,12H2,1-2H3,(H,22,24)(H,23,25). The number of carbonyl (C=O) groups is 2. The number of hydrogen-bond acceptors (Lipinski definition) is 2. The molecule has 0 bridgehead atoms. The molecule has 0 atom stereocenters. The van der Waals surface area contributed by atoms with Crippen LogP contribution in [0.5, 0.6) is 0 Å². The van der Waals surface area contributed by atoms with Gasteiger partial charge in [-0.3, -0.25) is 9.59 Å². The first-order valence-corrected chi connectivity index (χ1v) is 8.70. The second-order valence-electron chi connectivity index (χ2n) is 6.64. The number of halogens is 1. The van der Waals surface area contributed by atoms with Crippen molar-refractivity contribution < 1.29 is 9.59 Å². The Morgan fingerprint density at radius 2 is 1.68 bits per heavy atom. The second-order valence-corrected chi connectivity index (χ2v) is 7.08. The van der Waals surface area contributed by atoms with E-state index in [1.165, 1.54) is 5.56 Å². The predicted octanol–water partition coefficient (Wildman–Crippen LogP) is 3.99. The van der Waals surface area contributed by atoms with Gasteiger partial charge in [0, 0.05) is 17.3 Å². The lowest BCUT2D eigenvalue weighted by atomic mass is 10.0. The number of nitrogens with one attached hydrogen (secondary N) is 2. The van der Waals surface area contributed by atoms with Crippen molar-refractivity contribution in [3.05, 3.63) is 64.2 Å². The molecule has 0 radical (unpaired) electrons. The molecule has 0 aliphatic heterocycles. The zero-order valence-corrected chi connectivity index (χ0v) is 15.1. The largest absolute Gasteiger partial charge is 0.351 e. The number of aryl methyl sites for hydroxylation is 2. The molecule has 2 N–H and O–H groups in total. The summed E-state index contributed by atoms with van der Waals surface area (Å²) in [4.78, 5) is 25.1. The van der Waals surface area contributed by atoms with Crippen molar-refractivity contribution in [3.8, 4) is 0 Å². The maximum atomic E-state index is 12.6. The SMILES string of the molecule is Cc1ccc(NC(=O)C2(C(=O)NCc3ccc(Cl)cc3)CC2)cc1C. The van der Waals surface area contributed by atoms with Crippen molar-refractivity contribution in [1.29, 1.82) is 0 Å². The highest BCUT2D eigenvalue weighted by Crippen LogP contribution is 2.47. The number of rotatable bonds is 5. The van der Waals surface area contributed by atoms with E-state index in [0.29, 0.717) is 24.4 Å².